The molecule has 0 saturated carbocycles. The maximum atomic E-state index is 11.9. The monoisotopic (exact) mass is 302 g/mol. The second-order valence-corrected chi connectivity index (χ2v) is 5.04. The van der Waals surface area contributed by atoms with E-state index in [0.29, 0.717) is 18.5 Å². The summed E-state index contributed by atoms with van der Waals surface area (Å²) in [5.74, 6) is -0.484. The van der Waals surface area contributed by atoms with E-state index >= 15 is 0 Å². The van der Waals surface area contributed by atoms with E-state index in [0.717, 1.165) is 17.0 Å². The molecule has 22 heavy (non-hydrogen) atoms. The van der Waals surface area contributed by atoms with Crippen molar-refractivity contribution in [3.8, 4) is 0 Å². The van der Waals surface area contributed by atoms with Crippen LogP contribution < -0.4 is 5.32 Å². The van der Waals surface area contributed by atoms with Crippen LogP contribution in [0.2, 0.25) is 0 Å². The zero-order chi connectivity index (χ0) is 16.1. The van der Waals surface area contributed by atoms with Gasteiger partial charge in [-0.25, -0.2) is 4.79 Å². The molecule has 0 aliphatic carbocycles. The number of carboxylic acid groups (broad SMARTS) is 1. The van der Waals surface area contributed by atoms with Crippen LogP contribution in [0.1, 0.15) is 32.9 Å². The molecule has 0 aliphatic heterocycles. The van der Waals surface area contributed by atoms with Gasteiger partial charge in [0.15, 0.2) is 0 Å². The van der Waals surface area contributed by atoms with Gasteiger partial charge in [-0.05, 0) is 31.9 Å². The van der Waals surface area contributed by atoms with E-state index < -0.39 is 5.97 Å². The minimum absolute atomic E-state index is 0.0457. The molecule has 1 aromatic carbocycles. The van der Waals surface area contributed by atoms with Gasteiger partial charge in [0.05, 0.1) is 17.7 Å². The van der Waals surface area contributed by atoms with Crippen LogP contribution in [0.5, 0.6) is 0 Å². The molecule has 1 aromatic heterocycles. The number of hydrogen-bond donors (Lipinski definition) is 2. The Balaban J connectivity index is 1.90. The lowest BCUT2D eigenvalue weighted by Gasteiger charge is -2.07. The first-order valence-electron chi connectivity index (χ1n) is 6.98. The highest BCUT2D eigenvalue weighted by Crippen LogP contribution is 2.12. The first-order chi connectivity index (χ1) is 10.5. The Morgan fingerprint density at radius 3 is 2.64 bits per heavy atom. The van der Waals surface area contributed by atoms with E-state index in [-0.39, 0.29) is 17.9 Å². The zero-order valence-electron chi connectivity index (χ0n) is 12.5. The lowest BCUT2D eigenvalue weighted by atomic mass is 10.0. The van der Waals surface area contributed by atoms with Gasteiger partial charge in [0.2, 0.25) is 5.91 Å². The molecule has 6 nitrogen and oxygen atoms in total. The number of aryl methyl sites for hydroxylation is 2. The van der Waals surface area contributed by atoms with Gasteiger partial charge in [0.25, 0.3) is 0 Å². The highest BCUT2D eigenvalue weighted by Gasteiger charge is 2.13. The van der Waals surface area contributed by atoms with Crippen LogP contribution in [0.4, 0.5) is 0 Å². The van der Waals surface area contributed by atoms with Crippen molar-refractivity contribution in [1.82, 2.24) is 10.5 Å². The fourth-order valence-electron chi connectivity index (χ4n) is 2.30. The van der Waals surface area contributed by atoms with Crippen LogP contribution in [0.15, 0.2) is 28.8 Å². The lowest BCUT2D eigenvalue weighted by Crippen LogP contribution is -2.28. The third-order valence-corrected chi connectivity index (χ3v) is 3.48. The van der Waals surface area contributed by atoms with Crippen LogP contribution in [0.25, 0.3) is 0 Å². The van der Waals surface area contributed by atoms with E-state index in [2.05, 4.69) is 10.5 Å². The van der Waals surface area contributed by atoms with Gasteiger partial charge in [-0.15, -0.1) is 0 Å². The van der Waals surface area contributed by atoms with Gasteiger partial charge < -0.3 is 14.9 Å². The molecule has 0 saturated heterocycles. The van der Waals surface area contributed by atoms with Gasteiger partial charge in [0.1, 0.15) is 5.76 Å². The summed E-state index contributed by atoms with van der Waals surface area (Å²) in [6.07, 6.45) is 0.678. The van der Waals surface area contributed by atoms with Gasteiger partial charge in [0, 0.05) is 12.1 Å². The quantitative estimate of drug-likeness (QED) is 0.850. The SMILES string of the molecule is Cc1noc(C)c1CCNC(=O)Cc1ccccc1C(=O)O. The molecule has 116 valence electrons. The molecule has 0 fully saturated rings. The number of aromatic nitrogens is 1. The van der Waals surface area contributed by atoms with Crippen molar-refractivity contribution < 1.29 is 19.2 Å². The largest absolute Gasteiger partial charge is 0.478 e. The molecular formula is C16H18N2O4. The molecule has 0 atom stereocenters. The summed E-state index contributed by atoms with van der Waals surface area (Å²) >= 11 is 0. The molecular weight excluding hydrogens is 284 g/mol. The molecule has 2 N–H and O–H groups in total. The van der Waals surface area contributed by atoms with Crippen LogP contribution in [-0.2, 0) is 17.6 Å². The number of hydrogen-bond acceptors (Lipinski definition) is 4. The Kier molecular flexibility index (Phi) is 4.93. The summed E-state index contributed by atoms with van der Waals surface area (Å²) in [6.45, 7) is 4.15. The second kappa shape index (κ2) is 6.89. The number of nitrogens with one attached hydrogen (secondary N) is 1. The highest BCUT2D eigenvalue weighted by molar-refractivity contribution is 5.91. The summed E-state index contributed by atoms with van der Waals surface area (Å²) in [5.41, 5.74) is 2.47. The van der Waals surface area contributed by atoms with E-state index in [1.165, 1.54) is 6.07 Å². The first-order valence-corrected chi connectivity index (χ1v) is 6.98. The number of nitrogens with zero attached hydrogens (tertiary/aromatic N) is 1. The zero-order valence-corrected chi connectivity index (χ0v) is 12.5. The number of amides is 1. The van der Waals surface area contributed by atoms with E-state index in [1.54, 1.807) is 18.2 Å². The molecule has 2 rings (SSSR count). The number of rotatable bonds is 6. The summed E-state index contributed by atoms with van der Waals surface area (Å²) in [5, 5.41) is 15.7. The fourth-order valence-corrected chi connectivity index (χ4v) is 2.30. The van der Waals surface area contributed by atoms with Gasteiger partial charge in [-0.2, -0.15) is 0 Å². The molecule has 6 heteroatoms. The second-order valence-electron chi connectivity index (χ2n) is 5.04. The van der Waals surface area contributed by atoms with Gasteiger partial charge in [-0.3, -0.25) is 4.79 Å². The predicted octanol–water partition coefficient (Wildman–Crippen LogP) is 1.89. The average molecular weight is 302 g/mol. The summed E-state index contributed by atoms with van der Waals surface area (Å²) in [7, 11) is 0. The third-order valence-electron chi connectivity index (χ3n) is 3.48. The highest BCUT2D eigenvalue weighted by atomic mass is 16.5. The Hall–Kier alpha value is -2.63. The summed E-state index contributed by atoms with van der Waals surface area (Å²) in [4.78, 5) is 23.0. The Labute approximate surface area is 128 Å². The topological polar surface area (TPSA) is 92.4 Å². The van der Waals surface area contributed by atoms with E-state index in [1.807, 2.05) is 13.8 Å². The van der Waals surface area contributed by atoms with Crippen molar-refractivity contribution in [1.29, 1.82) is 0 Å². The average Bonchev–Trinajstić information content (AvgIpc) is 2.79. The minimum atomic E-state index is -1.03. The molecule has 1 amide bonds. The summed E-state index contributed by atoms with van der Waals surface area (Å²) < 4.78 is 5.06. The molecule has 0 aliphatic rings. The van der Waals surface area contributed by atoms with Crippen LogP contribution in [0, 0.1) is 13.8 Å². The first kappa shape index (κ1) is 15.8. The van der Waals surface area contributed by atoms with Gasteiger partial charge in [-0.1, -0.05) is 23.4 Å². The molecule has 0 unspecified atom stereocenters. The smallest absolute Gasteiger partial charge is 0.335 e. The van der Waals surface area contributed by atoms with Crippen molar-refractivity contribution in [3.63, 3.8) is 0 Å². The maximum absolute atomic E-state index is 11.9. The van der Waals surface area contributed by atoms with Crippen LogP contribution in [0.3, 0.4) is 0 Å². The summed E-state index contributed by atoms with van der Waals surface area (Å²) in [6, 6.07) is 6.51. The number of benzene rings is 1. The van der Waals surface area contributed by atoms with Crippen molar-refractivity contribution in [3.05, 3.63) is 52.4 Å². The van der Waals surface area contributed by atoms with Crippen LogP contribution >= 0.6 is 0 Å². The van der Waals surface area contributed by atoms with Crippen molar-refractivity contribution in [2.75, 3.05) is 6.54 Å². The normalized spacial score (nSPS) is 10.5. The van der Waals surface area contributed by atoms with E-state index in [9.17, 15) is 9.59 Å². The Morgan fingerprint density at radius 1 is 1.27 bits per heavy atom. The van der Waals surface area contributed by atoms with Crippen molar-refractivity contribution >= 4 is 11.9 Å². The number of carbonyl (C=O) groups is 2. The molecule has 2 aromatic rings. The minimum Gasteiger partial charge on any atom is -0.478 e. The van der Waals surface area contributed by atoms with Crippen LogP contribution in [-0.4, -0.2) is 28.7 Å². The maximum Gasteiger partial charge on any atom is 0.335 e. The van der Waals surface area contributed by atoms with Crippen molar-refractivity contribution in [2.24, 2.45) is 0 Å². The Bertz CT molecular complexity index is 672. The lowest BCUT2D eigenvalue weighted by molar-refractivity contribution is -0.120. The molecule has 0 radical (unpaired) electrons. The standard InChI is InChI=1S/C16H18N2O4/c1-10-13(11(2)22-18-10)7-8-17-15(19)9-12-5-3-4-6-14(12)16(20)21/h3-6H,7-9H2,1-2H3,(H,17,19)(H,20,21). The number of carbonyl (C=O) groups excluding carboxylic acids is 1. The molecule has 1 heterocycles. The predicted molar refractivity (Wildman–Crippen MR) is 79.8 cm³/mol. The molecule has 0 bridgehead atoms. The van der Waals surface area contributed by atoms with E-state index in [4.69, 9.17) is 9.63 Å². The number of aromatic carboxylic acids is 1. The van der Waals surface area contributed by atoms with Crippen molar-refractivity contribution in [2.45, 2.75) is 26.7 Å². The third kappa shape index (κ3) is 3.72. The number of carboxylic acids is 1. The molecule has 0 spiro atoms. The Morgan fingerprint density at radius 2 is 2.00 bits per heavy atom. The fraction of sp³-hybridized carbons (Fsp3) is 0.312. The van der Waals surface area contributed by atoms with Gasteiger partial charge >= 0.3 is 5.97 Å².